The van der Waals surface area contributed by atoms with Crippen molar-refractivity contribution >= 4 is 29.3 Å². The second-order valence-corrected chi connectivity index (χ2v) is 10.6. The van der Waals surface area contributed by atoms with Gasteiger partial charge in [-0.3, -0.25) is 4.79 Å². The highest BCUT2D eigenvalue weighted by Gasteiger charge is 2.34. The molecule has 1 aromatic heterocycles. The molecule has 188 valence electrons. The summed E-state index contributed by atoms with van der Waals surface area (Å²) in [4.78, 5) is 18.5. The van der Waals surface area contributed by atoms with Crippen LogP contribution in [0.25, 0.3) is 0 Å². The normalized spacial score (nSPS) is 14.8. The maximum Gasteiger partial charge on any atom is 0.255 e. The third kappa shape index (κ3) is 5.32. The Morgan fingerprint density at radius 2 is 1.68 bits per heavy atom. The van der Waals surface area contributed by atoms with Gasteiger partial charge in [0.05, 0.1) is 5.57 Å². The van der Waals surface area contributed by atoms with Crippen LogP contribution >= 0.6 is 11.8 Å². The fourth-order valence-corrected chi connectivity index (χ4v) is 5.41. The van der Waals surface area contributed by atoms with E-state index < -0.39 is 6.04 Å². The van der Waals surface area contributed by atoms with E-state index in [1.54, 1.807) is 11.8 Å². The minimum absolute atomic E-state index is 0.155. The lowest BCUT2D eigenvalue weighted by Crippen LogP contribution is -2.31. The summed E-state index contributed by atoms with van der Waals surface area (Å²) >= 11 is 1.59. The molecule has 1 atom stereocenters. The second kappa shape index (κ2) is 10.3. The van der Waals surface area contributed by atoms with E-state index in [0.717, 1.165) is 39.4 Å². The molecule has 6 nitrogen and oxygen atoms in total. The van der Waals surface area contributed by atoms with Crippen LogP contribution in [-0.4, -0.2) is 20.7 Å². The third-order valence-electron chi connectivity index (χ3n) is 6.55. The second-order valence-electron chi connectivity index (χ2n) is 9.69. The van der Waals surface area contributed by atoms with Gasteiger partial charge >= 0.3 is 0 Å². The van der Waals surface area contributed by atoms with Crippen LogP contribution in [-0.2, 0) is 10.5 Å². The number of nitrogens with zero attached hydrogens (tertiary/aromatic N) is 3. The zero-order valence-electron chi connectivity index (χ0n) is 21.8. The van der Waals surface area contributed by atoms with Crippen LogP contribution in [0.4, 0.5) is 11.6 Å². The van der Waals surface area contributed by atoms with Gasteiger partial charge in [0.2, 0.25) is 11.1 Å². The van der Waals surface area contributed by atoms with Crippen LogP contribution in [0.5, 0.6) is 0 Å². The minimum atomic E-state index is -0.400. The van der Waals surface area contributed by atoms with Gasteiger partial charge in [-0.2, -0.15) is 4.98 Å². The molecule has 1 aliphatic heterocycles. The smallest absolute Gasteiger partial charge is 0.255 e. The van der Waals surface area contributed by atoms with Gasteiger partial charge in [0.15, 0.2) is 0 Å². The van der Waals surface area contributed by atoms with E-state index in [1.165, 1.54) is 11.1 Å². The number of carbonyl (C=O) groups is 1. The van der Waals surface area contributed by atoms with Gasteiger partial charge in [0.25, 0.3) is 5.91 Å². The molecule has 5 rings (SSSR count). The third-order valence-corrected chi connectivity index (χ3v) is 7.46. The van der Waals surface area contributed by atoms with Gasteiger partial charge in [-0.25, -0.2) is 4.68 Å². The predicted molar refractivity (Wildman–Crippen MR) is 151 cm³/mol. The fourth-order valence-electron chi connectivity index (χ4n) is 4.64. The van der Waals surface area contributed by atoms with E-state index >= 15 is 0 Å². The van der Waals surface area contributed by atoms with Crippen molar-refractivity contribution in [3.63, 3.8) is 0 Å². The molecule has 0 fully saturated rings. The van der Waals surface area contributed by atoms with Crippen molar-refractivity contribution in [2.24, 2.45) is 0 Å². The highest BCUT2D eigenvalue weighted by molar-refractivity contribution is 7.98. The standard InChI is InChI=1S/C30H31N5OS/c1-18-9-12-24(13-10-18)27-26(28(36)32-25-14-11-20(3)15-21(25)4)22(5)31-29-33-30(34-35(27)29)37-17-23-8-6-7-19(2)16-23/h6-16,27H,17H2,1-5H3,(H,32,36)(H,31,33,34)/t27-/m0/s1. The number of amides is 1. The lowest BCUT2D eigenvalue weighted by atomic mass is 9.94. The fraction of sp³-hybridized carbons (Fsp3) is 0.233. The molecular formula is C30H31N5OS. The molecule has 0 unspecified atom stereocenters. The molecule has 7 heteroatoms. The summed E-state index contributed by atoms with van der Waals surface area (Å²) in [5.74, 6) is 1.25. The maximum atomic E-state index is 13.7. The first kappa shape index (κ1) is 24.8. The topological polar surface area (TPSA) is 71.8 Å². The van der Waals surface area contributed by atoms with Crippen molar-refractivity contribution in [2.45, 2.75) is 51.6 Å². The van der Waals surface area contributed by atoms with Crippen LogP contribution in [0.3, 0.4) is 0 Å². The van der Waals surface area contributed by atoms with Gasteiger partial charge < -0.3 is 10.6 Å². The number of anilines is 2. The van der Waals surface area contributed by atoms with E-state index in [2.05, 4.69) is 79.1 Å². The van der Waals surface area contributed by atoms with Crippen molar-refractivity contribution in [3.05, 3.63) is 111 Å². The van der Waals surface area contributed by atoms with E-state index in [4.69, 9.17) is 10.1 Å². The van der Waals surface area contributed by atoms with E-state index in [1.807, 2.05) is 37.6 Å². The summed E-state index contributed by atoms with van der Waals surface area (Å²) < 4.78 is 1.84. The quantitative estimate of drug-likeness (QED) is 0.282. The first-order valence-corrected chi connectivity index (χ1v) is 13.3. The number of fused-ring (bicyclic) bond motifs is 1. The molecule has 0 bridgehead atoms. The molecule has 0 spiro atoms. The number of allylic oxidation sites excluding steroid dienone is 1. The van der Waals surface area contributed by atoms with Crippen LogP contribution in [0.1, 0.15) is 46.3 Å². The lowest BCUT2D eigenvalue weighted by molar-refractivity contribution is -0.113. The number of benzene rings is 3. The van der Waals surface area contributed by atoms with E-state index in [9.17, 15) is 4.79 Å². The van der Waals surface area contributed by atoms with Crippen LogP contribution in [0.15, 0.2) is 83.2 Å². The van der Waals surface area contributed by atoms with Crippen molar-refractivity contribution in [2.75, 3.05) is 10.6 Å². The number of rotatable bonds is 6. The number of hydrogen-bond acceptors (Lipinski definition) is 5. The Bertz CT molecular complexity index is 1500. The van der Waals surface area contributed by atoms with Crippen LogP contribution in [0, 0.1) is 27.7 Å². The zero-order valence-corrected chi connectivity index (χ0v) is 22.6. The first-order chi connectivity index (χ1) is 17.8. The summed E-state index contributed by atoms with van der Waals surface area (Å²) in [6.07, 6.45) is 0. The minimum Gasteiger partial charge on any atom is -0.328 e. The van der Waals surface area contributed by atoms with Gasteiger partial charge in [-0.05, 0) is 57.4 Å². The number of aryl methyl sites for hydroxylation is 4. The van der Waals surface area contributed by atoms with Gasteiger partial charge in [-0.15, -0.1) is 5.10 Å². The molecule has 2 heterocycles. The predicted octanol–water partition coefficient (Wildman–Crippen LogP) is 6.73. The Morgan fingerprint density at radius 3 is 2.41 bits per heavy atom. The van der Waals surface area contributed by atoms with E-state index in [-0.39, 0.29) is 5.91 Å². The number of aromatic nitrogens is 3. The van der Waals surface area contributed by atoms with Crippen molar-refractivity contribution in [1.29, 1.82) is 0 Å². The first-order valence-electron chi connectivity index (χ1n) is 12.4. The molecule has 0 radical (unpaired) electrons. The van der Waals surface area contributed by atoms with Crippen LogP contribution < -0.4 is 10.6 Å². The molecule has 0 aliphatic carbocycles. The Kier molecular flexibility index (Phi) is 6.89. The monoisotopic (exact) mass is 509 g/mol. The lowest BCUT2D eigenvalue weighted by Gasteiger charge is -2.29. The molecule has 1 aliphatic rings. The Hall–Kier alpha value is -3.84. The molecule has 2 N–H and O–H groups in total. The summed E-state index contributed by atoms with van der Waals surface area (Å²) in [6.45, 7) is 10.1. The number of carbonyl (C=O) groups excluding carboxylic acids is 1. The Labute approximate surface area is 222 Å². The SMILES string of the molecule is CC1=C(C(=O)Nc2ccc(C)cc2C)[C@H](c2ccc(C)cc2)n2nc(SCc3cccc(C)c3)nc2N1. The molecule has 37 heavy (non-hydrogen) atoms. The summed E-state index contributed by atoms with van der Waals surface area (Å²) in [5.41, 5.74) is 8.98. The number of nitrogens with one attached hydrogen (secondary N) is 2. The van der Waals surface area contributed by atoms with Gasteiger partial charge in [0, 0.05) is 17.1 Å². The molecule has 0 saturated carbocycles. The summed E-state index contributed by atoms with van der Waals surface area (Å²) in [5, 5.41) is 12.0. The van der Waals surface area contributed by atoms with Gasteiger partial charge in [-0.1, -0.05) is 89.1 Å². The molecule has 4 aromatic rings. The maximum absolute atomic E-state index is 13.7. The summed E-state index contributed by atoms with van der Waals surface area (Å²) in [6, 6.07) is 22.3. The Morgan fingerprint density at radius 1 is 0.946 bits per heavy atom. The average molecular weight is 510 g/mol. The highest BCUT2D eigenvalue weighted by Crippen LogP contribution is 2.37. The van der Waals surface area contributed by atoms with Crippen molar-refractivity contribution in [1.82, 2.24) is 14.8 Å². The number of hydrogen-bond donors (Lipinski definition) is 2. The molecular weight excluding hydrogens is 478 g/mol. The highest BCUT2D eigenvalue weighted by atomic mass is 32.2. The average Bonchev–Trinajstić information content (AvgIpc) is 3.26. The zero-order chi connectivity index (χ0) is 26.1. The van der Waals surface area contributed by atoms with Gasteiger partial charge in [0.1, 0.15) is 6.04 Å². The summed E-state index contributed by atoms with van der Waals surface area (Å²) in [7, 11) is 0. The number of thioether (sulfide) groups is 1. The van der Waals surface area contributed by atoms with E-state index in [0.29, 0.717) is 16.7 Å². The van der Waals surface area contributed by atoms with Crippen molar-refractivity contribution in [3.8, 4) is 0 Å². The largest absolute Gasteiger partial charge is 0.328 e. The van der Waals surface area contributed by atoms with Crippen molar-refractivity contribution < 1.29 is 4.79 Å². The Balaban J connectivity index is 1.49. The molecule has 1 amide bonds. The molecule has 3 aromatic carbocycles. The molecule has 0 saturated heterocycles. The van der Waals surface area contributed by atoms with Crippen LogP contribution in [0.2, 0.25) is 0 Å².